The summed E-state index contributed by atoms with van der Waals surface area (Å²) >= 11 is 0. The second-order valence-electron chi connectivity index (χ2n) is 4.55. The monoisotopic (exact) mass is 223 g/mol. The molecule has 0 aliphatic heterocycles. The first kappa shape index (κ1) is 16.3. The fourth-order valence-electron chi connectivity index (χ4n) is 1.22. The van der Waals surface area contributed by atoms with E-state index in [-0.39, 0.29) is 4.81 Å². The van der Waals surface area contributed by atoms with Crippen molar-refractivity contribution in [2.75, 3.05) is 0 Å². The standard InChI is InChI=1S/C8H10B5NO3/c1-4(15)14(13)7(10,5(16)17)8(11,12)6(2,3)9/h1-3H3,(H,16,17). The van der Waals surface area contributed by atoms with Crippen LogP contribution in [0.2, 0.25) is 10.5 Å². The van der Waals surface area contributed by atoms with Gasteiger partial charge >= 0.3 is 5.97 Å². The van der Waals surface area contributed by atoms with E-state index < -0.39 is 27.8 Å². The van der Waals surface area contributed by atoms with Crippen molar-refractivity contribution < 1.29 is 14.7 Å². The highest BCUT2D eigenvalue weighted by molar-refractivity contribution is 6.53. The second kappa shape index (κ2) is 4.50. The van der Waals surface area contributed by atoms with Gasteiger partial charge < -0.3 is 9.92 Å². The molecule has 1 atom stereocenters. The molecule has 0 bridgehead atoms. The molecule has 0 saturated heterocycles. The third-order valence-electron chi connectivity index (χ3n) is 2.74. The number of amides is 1. The van der Waals surface area contributed by atoms with E-state index in [1.54, 1.807) is 0 Å². The first-order chi connectivity index (χ1) is 7.30. The summed E-state index contributed by atoms with van der Waals surface area (Å²) < 4.78 is 0. The molecule has 0 aromatic rings. The molecule has 4 nitrogen and oxygen atoms in total. The van der Waals surface area contributed by atoms with E-state index in [0.717, 1.165) is 6.92 Å². The number of hydrogen-bond donors (Lipinski definition) is 1. The molecule has 0 saturated carbocycles. The van der Waals surface area contributed by atoms with Crippen molar-refractivity contribution in [3.63, 3.8) is 0 Å². The van der Waals surface area contributed by atoms with Gasteiger partial charge in [0.1, 0.15) is 7.85 Å². The van der Waals surface area contributed by atoms with E-state index in [1.807, 2.05) is 0 Å². The number of nitrogens with zero attached hydrogens (tertiary/aromatic N) is 1. The molecular formula is C8H10B5NO3. The predicted octanol–water partition coefficient (Wildman–Crippen LogP) is -1.31. The molecule has 0 aliphatic rings. The number of rotatable bonds is 4. The lowest BCUT2D eigenvalue weighted by Gasteiger charge is -2.56. The molecule has 0 fully saturated rings. The van der Waals surface area contributed by atoms with Gasteiger partial charge in [0.05, 0.1) is 29.0 Å². The van der Waals surface area contributed by atoms with Gasteiger partial charge in [-0.2, -0.15) is 0 Å². The smallest absolute Gasteiger partial charge is 0.317 e. The van der Waals surface area contributed by atoms with Crippen LogP contribution in [0.1, 0.15) is 20.8 Å². The molecule has 0 aromatic heterocycles. The summed E-state index contributed by atoms with van der Waals surface area (Å²) in [6, 6.07) is 0. The average molecular weight is 222 g/mol. The van der Waals surface area contributed by atoms with Crippen LogP contribution in [0.15, 0.2) is 0 Å². The molecule has 17 heavy (non-hydrogen) atoms. The van der Waals surface area contributed by atoms with Crippen LogP contribution in [0.25, 0.3) is 0 Å². The zero-order valence-corrected chi connectivity index (χ0v) is 10.1. The molecule has 0 aromatic carbocycles. The van der Waals surface area contributed by atoms with Gasteiger partial charge in [0.25, 0.3) is 0 Å². The molecule has 0 rings (SSSR count). The van der Waals surface area contributed by atoms with Gasteiger partial charge in [0.2, 0.25) is 13.9 Å². The largest absolute Gasteiger partial charge is 0.480 e. The zero-order valence-electron chi connectivity index (χ0n) is 10.1. The Morgan fingerprint density at radius 2 is 1.47 bits per heavy atom. The van der Waals surface area contributed by atoms with E-state index in [2.05, 4.69) is 0 Å². The van der Waals surface area contributed by atoms with Crippen molar-refractivity contribution in [3.8, 4) is 0 Å². The Hall–Kier alpha value is -0.735. The summed E-state index contributed by atoms with van der Waals surface area (Å²) in [5.74, 6) is -2.46. The normalized spacial score (nSPS) is 15.9. The second-order valence-corrected chi connectivity index (χ2v) is 4.55. The van der Waals surface area contributed by atoms with Crippen molar-refractivity contribution in [1.29, 1.82) is 0 Å². The highest BCUT2D eigenvalue weighted by Crippen LogP contribution is 2.52. The molecule has 9 heteroatoms. The Balaban J connectivity index is 5.84. The Bertz CT molecular complexity index is 341. The maximum Gasteiger partial charge on any atom is 0.317 e. The van der Waals surface area contributed by atoms with Gasteiger partial charge in [-0.3, -0.25) is 9.59 Å². The molecule has 10 radical (unpaired) electrons. The predicted molar refractivity (Wildman–Crippen MR) is 68.4 cm³/mol. The quantitative estimate of drug-likeness (QED) is 0.601. The molecule has 1 N–H and O–H groups in total. The molecule has 1 amide bonds. The lowest BCUT2D eigenvalue weighted by Crippen LogP contribution is -2.66. The minimum Gasteiger partial charge on any atom is -0.480 e. The molecular weight excluding hydrogens is 212 g/mol. The van der Waals surface area contributed by atoms with Crippen LogP contribution in [-0.4, -0.2) is 66.6 Å². The van der Waals surface area contributed by atoms with Crippen LogP contribution in [0, 0.1) is 0 Å². The summed E-state index contributed by atoms with van der Waals surface area (Å²) in [4.78, 5) is 22.7. The van der Waals surface area contributed by atoms with Crippen LogP contribution in [-0.2, 0) is 9.59 Å². The summed E-state index contributed by atoms with van der Waals surface area (Å²) in [7, 11) is 28.0. The van der Waals surface area contributed by atoms with E-state index in [1.165, 1.54) is 13.8 Å². The first-order valence-corrected chi connectivity index (χ1v) is 4.74. The minimum absolute atomic E-state index is 0.268. The fraction of sp³-hybridized carbons (Fsp3) is 0.750. The zero-order chi connectivity index (χ0) is 14.2. The molecule has 0 heterocycles. The van der Waals surface area contributed by atoms with Gasteiger partial charge in [-0.1, -0.05) is 24.4 Å². The lowest BCUT2D eigenvalue weighted by atomic mass is 9.27. The molecule has 0 aliphatic carbocycles. The lowest BCUT2D eigenvalue weighted by molar-refractivity contribution is -0.149. The Morgan fingerprint density at radius 1 is 1.12 bits per heavy atom. The average Bonchev–Trinajstić information content (AvgIpc) is 2.12. The van der Waals surface area contributed by atoms with E-state index in [0.29, 0.717) is 0 Å². The summed E-state index contributed by atoms with van der Waals surface area (Å²) in [6.45, 7) is 3.79. The van der Waals surface area contributed by atoms with Crippen molar-refractivity contribution in [1.82, 2.24) is 4.81 Å². The van der Waals surface area contributed by atoms with Gasteiger partial charge in [0, 0.05) is 6.92 Å². The summed E-state index contributed by atoms with van der Waals surface area (Å²) in [6.07, 6.45) is 0. The Morgan fingerprint density at radius 3 is 1.65 bits per heavy atom. The Labute approximate surface area is 108 Å². The SMILES string of the molecule is [B]N(C(C)=O)C([B])(C(=O)O)C([B])([B])C([B])(C)C. The van der Waals surface area contributed by atoms with Crippen molar-refractivity contribution in [2.24, 2.45) is 0 Å². The van der Waals surface area contributed by atoms with Gasteiger partial charge in [-0.25, -0.2) is 0 Å². The van der Waals surface area contributed by atoms with E-state index in [9.17, 15) is 9.59 Å². The topological polar surface area (TPSA) is 57.6 Å². The van der Waals surface area contributed by atoms with Gasteiger partial charge in [-0.15, -0.1) is 0 Å². The number of carboxylic acid groups (broad SMARTS) is 1. The summed E-state index contributed by atoms with van der Waals surface area (Å²) in [5, 5.41) is 5.59. The number of aliphatic carboxylic acids is 1. The van der Waals surface area contributed by atoms with Crippen LogP contribution in [0.5, 0.6) is 0 Å². The van der Waals surface area contributed by atoms with Crippen molar-refractivity contribution in [2.45, 2.75) is 36.7 Å². The maximum absolute atomic E-state index is 11.2. The number of carboxylic acids is 1. The summed E-state index contributed by atoms with van der Waals surface area (Å²) in [5.41, 5.74) is -2.53. The minimum atomic E-state index is -2.53. The number of hydrogen-bond acceptors (Lipinski definition) is 2. The van der Waals surface area contributed by atoms with E-state index in [4.69, 9.17) is 44.5 Å². The highest BCUT2D eigenvalue weighted by atomic mass is 16.4. The first-order valence-electron chi connectivity index (χ1n) is 4.74. The van der Waals surface area contributed by atoms with Crippen LogP contribution in [0.4, 0.5) is 0 Å². The molecule has 80 valence electrons. The molecule has 0 spiro atoms. The van der Waals surface area contributed by atoms with Gasteiger partial charge in [-0.05, 0) is 0 Å². The number of carbonyl (C=O) groups excluding carboxylic acids is 1. The fourth-order valence-corrected chi connectivity index (χ4v) is 1.22. The third-order valence-corrected chi connectivity index (χ3v) is 2.74. The highest BCUT2D eigenvalue weighted by Gasteiger charge is 2.53. The molecule has 1 unspecified atom stereocenters. The van der Waals surface area contributed by atoms with Gasteiger partial charge in [0.15, 0.2) is 0 Å². The van der Waals surface area contributed by atoms with Crippen LogP contribution in [0.3, 0.4) is 0 Å². The van der Waals surface area contributed by atoms with Crippen molar-refractivity contribution >= 4 is 51.2 Å². The number of carbonyl (C=O) groups is 2. The van der Waals surface area contributed by atoms with Crippen LogP contribution >= 0.6 is 0 Å². The van der Waals surface area contributed by atoms with Crippen LogP contribution < -0.4 is 0 Å². The Kier molecular flexibility index (Phi) is 4.31. The third kappa shape index (κ3) is 2.43. The van der Waals surface area contributed by atoms with Crippen molar-refractivity contribution in [3.05, 3.63) is 0 Å². The van der Waals surface area contributed by atoms with E-state index >= 15 is 0 Å². The maximum atomic E-state index is 11.2.